The Kier molecular flexibility index (Phi) is 10.3. The molecule has 1 aliphatic rings. The van der Waals surface area contributed by atoms with E-state index in [1.165, 1.54) is 69.8 Å². The number of carboxylic acids is 1. The summed E-state index contributed by atoms with van der Waals surface area (Å²) in [6.45, 7) is 4.47. The van der Waals surface area contributed by atoms with Gasteiger partial charge in [-0.25, -0.2) is 0 Å². The Hall–Kier alpha value is -0.790. The van der Waals surface area contributed by atoms with E-state index in [4.69, 9.17) is 0 Å². The van der Waals surface area contributed by atoms with Gasteiger partial charge in [0.05, 0.1) is 5.92 Å². The van der Waals surface area contributed by atoms with Crippen LogP contribution in [0.25, 0.3) is 0 Å². The van der Waals surface area contributed by atoms with Crippen molar-refractivity contribution in [2.45, 2.75) is 97.3 Å². The molecule has 0 amide bonds. The lowest BCUT2D eigenvalue weighted by molar-refractivity contribution is -0.141. The van der Waals surface area contributed by atoms with Crippen LogP contribution in [-0.4, -0.2) is 11.1 Å². The van der Waals surface area contributed by atoms with Crippen LogP contribution in [0.2, 0.25) is 0 Å². The molecule has 0 aromatic rings. The van der Waals surface area contributed by atoms with Gasteiger partial charge in [-0.1, -0.05) is 76.9 Å². The molecule has 0 fully saturated rings. The van der Waals surface area contributed by atoms with Crippen LogP contribution in [-0.2, 0) is 4.79 Å². The Bertz CT molecular complexity index is 333. The monoisotopic (exact) mass is 308 g/mol. The average molecular weight is 309 g/mol. The highest BCUT2D eigenvalue weighted by atomic mass is 16.4. The van der Waals surface area contributed by atoms with Gasteiger partial charge in [-0.3, -0.25) is 4.79 Å². The van der Waals surface area contributed by atoms with Crippen molar-refractivity contribution in [1.29, 1.82) is 0 Å². The number of hydrogen-bond donors (Lipinski definition) is 1. The predicted molar refractivity (Wildman–Crippen MR) is 94.1 cm³/mol. The minimum atomic E-state index is -0.594. The fraction of sp³-hybridized carbons (Fsp3) is 0.850. The van der Waals surface area contributed by atoms with Gasteiger partial charge < -0.3 is 5.11 Å². The molecule has 22 heavy (non-hydrogen) atoms. The second-order valence-electron chi connectivity index (χ2n) is 7.01. The Morgan fingerprint density at radius 1 is 1.09 bits per heavy atom. The Morgan fingerprint density at radius 2 is 1.82 bits per heavy atom. The van der Waals surface area contributed by atoms with E-state index in [9.17, 15) is 9.90 Å². The van der Waals surface area contributed by atoms with E-state index in [2.05, 4.69) is 19.9 Å². The topological polar surface area (TPSA) is 37.3 Å². The molecular formula is C20H36O2. The second-order valence-corrected chi connectivity index (χ2v) is 7.01. The quantitative estimate of drug-likeness (QED) is 0.336. The van der Waals surface area contributed by atoms with E-state index in [1.54, 1.807) is 0 Å². The maximum atomic E-state index is 11.7. The summed E-state index contributed by atoms with van der Waals surface area (Å²) in [5.41, 5.74) is 1.22. The first kappa shape index (κ1) is 19.3. The highest BCUT2D eigenvalue weighted by molar-refractivity contribution is 5.73. The molecule has 1 aliphatic carbocycles. The first-order chi connectivity index (χ1) is 10.7. The first-order valence-electron chi connectivity index (χ1n) is 9.60. The van der Waals surface area contributed by atoms with Crippen molar-refractivity contribution in [2.24, 2.45) is 11.8 Å². The van der Waals surface area contributed by atoms with E-state index >= 15 is 0 Å². The van der Waals surface area contributed by atoms with E-state index in [0.29, 0.717) is 5.92 Å². The molecule has 0 saturated carbocycles. The normalized spacial score (nSPS) is 17.8. The molecule has 128 valence electrons. The van der Waals surface area contributed by atoms with Crippen molar-refractivity contribution in [3.8, 4) is 0 Å². The number of unbranched alkanes of at least 4 members (excludes halogenated alkanes) is 4. The summed E-state index contributed by atoms with van der Waals surface area (Å²) in [6, 6.07) is 0. The van der Waals surface area contributed by atoms with Gasteiger partial charge in [0.15, 0.2) is 0 Å². The number of allylic oxidation sites excluding steroid dienone is 1. The standard InChI is InChI=1S/C20H36O2/c1-3-5-7-9-13-17(12-6-4-2)16-19(20(21)22)18-14-10-8-11-15-18/h14,17,19H,3-13,15-16H2,1-2H3,(H,21,22). The van der Waals surface area contributed by atoms with Crippen LogP contribution >= 0.6 is 0 Å². The maximum absolute atomic E-state index is 11.7. The number of carboxylic acid groups (broad SMARTS) is 1. The van der Waals surface area contributed by atoms with Crippen LogP contribution in [0, 0.1) is 11.8 Å². The van der Waals surface area contributed by atoms with Gasteiger partial charge in [-0.15, -0.1) is 0 Å². The van der Waals surface area contributed by atoms with Crippen LogP contribution in [0.15, 0.2) is 11.6 Å². The Morgan fingerprint density at radius 3 is 2.41 bits per heavy atom. The molecule has 2 heteroatoms. The third kappa shape index (κ3) is 7.47. The van der Waals surface area contributed by atoms with E-state index in [0.717, 1.165) is 19.3 Å². The highest BCUT2D eigenvalue weighted by Crippen LogP contribution is 2.32. The fourth-order valence-corrected chi connectivity index (χ4v) is 3.66. The summed E-state index contributed by atoms with van der Waals surface area (Å²) in [4.78, 5) is 11.7. The van der Waals surface area contributed by atoms with Crippen molar-refractivity contribution < 1.29 is 9.90 Å². The molecule has 0 heterocycles. The third-order valence-electron chi connectivity index (χ3n) is 5.07. The minimum Gasteiger partial charge on any atom is -0.481 e. The SMILES string of the molecule is CCCCCCC(CCCC)CC(C(=O)O)C1=CCCCC1. The zero-order chi connectivity index (χ0) is 16.2. The zero-order valence-electron chi connectivity index (χ0n) is 14.8. The Balaban J connectivity index is 2.57. The number of aliphatic carboxylic acids is 1. The molecule has 0 aromatic heterocycles. The largest absolute Gasteiger partial charge is 0.481 e. The molecule has 0 aromatic carbocycles. The lowest BCUT2D eigenvalue weighted by atomic mass is 9.80. The molecule has 2 atom stereocenters. The second kappa shape index (κ2) is 11.7. The van der Waals surface area contributed by atoms with Crippen LogP contribution in [0.5, 0.6) is 0 Å². The lowest BCUT2D eigenvalue weighted by Crippen LogP contribution is -2.21. The smallest absolute Gasteiger partial charge is 0.310 e. The number of hydrogen-bond acceptors (Lipinski definition) is 1. The highest BCUT2D eigenvalue weighted by Gasteiger charge is 2.26. The van der Waals surface area contributed by atoms with E-state index in [-0.39, 0.29) is 5.92 Å². The van der Waals surface area contributed by atoms with Crippen LogP contribution in [0.4, 0.5) is 0 Å². The van der Waals surface area contributed by atoms with Crippen LogP contribution < -0.4 is 0 Å². The van der Waals surface area contributed by atoms with Gasteiger partial charge in [0.1, 0.15) is 0 Å². The van der Waals surface area contributed by atoms with Crippen molar-refractivity contribution in [3.05, 3.63) is 11.6 Å². The summed E-state index contributed by atoms with van der Waals surface area (Å²) >= 11 is 0. The molecule has 0 bridgehead atoms. The first-order valence-corrected chi connectivity index (χ1v) is 9.60. The molecule has 0 aliphatic heterocycles. The molecule has 2 nitrogen and oxygen atoms in total. The van der Waals surface area contributed by atoms with E-state index < -0.39 is 5.97 Å². The van der Waals surface area contributed by atoms with Gasteiger partial charge in [0.2, 0.25) is 0 Å². The molecule has 2 unspecified atom stereocenters. The number of carbonyl (C=O) groups is 1. The lowest BCUT2D eigenvalue weighted by Gasteiger charge is -2.25. The van der Waals surface area contributed by atoms with Gasteiger partial charge >= 0.3 is 5.97 Å². The van der Waals surface area contributed by atoms with Gasteiger partial charge in [-0.2, -0.15) is 0 Å². The molecule has 0 radical (unpaired) electrons. The third-order valence-corrected chi connectivity index (χ3v) is 5.07. The summed E-state index contributed by atoms with van der Waals surface area (Å²) in [6.07, 6.45) is 17.6. The minimum absolute atomic E-state index is 0.215. The van der Waals surface area contributed by atoms with Crippen molar-refractivity contribution in [2.75, 3.05) is 0 Å². The fourth-order valence-electron chi connectivity index (χ4n) is 3.66. The summed E-state index contributed by atoms with van der Waals surface area (Å²) in [5.74, 6) is -0.211. The summed E-state index contributed by atoms with van der Waals surface area (Å²) in [7, 11) is 0. The molecule has 0 saturated heterocycles. The predicted octanol–water partition coefficient (Wildman–Crippen LogP) is 6.35. The Labute approximate surface area is 137 Å². The van der Waals surface area contributed by atoms with Gasteiger partial charge in [-0.05, 0) is 38.0 Å². The van der Waals surface area contributed by atoms with Crippen molar-refractivity contribution >= 4 is 5.97 Å². The summed E-state index contributed by atoms with van der Waals surface area (Å²) in [5, 5.41) is 9.67. The van der Waals surface area contributed by atoms with Crippen molar-refractivity contribution in [1.82, 2.24) is 0 Å². The van der Waals surface area contributed by atoms with Gasteiger partial charge in [0, 0.05) is 0 Å². The molecule has 1 rings (SSSR count). The molecular weight excluding hydrogens is 272 g/mol. The summed E-state index contributed by atoms with van der Waals surface area (Å²) < 4.78 is 0. The average Bonchev–Trinajstić information content (AvgIpc) is 2.53. The van der Waals surface area contributed by atoms with Crippen LogP contribution in [0.1, 0.15) is 97.3 Å². The number of rotatable bonds is 12. The van der Waals surface area contributed by atoms with Gasteiger partial charge in [0.25, 0.3) is 0 Å². The maximum Gasteiger partial charge on any atom is 0.310 e. The molecule has 1 N–H and O–H groups in total. The van der Waals surface area contributed by atoms with Crippen molar-refractivity contribution in [3.63, 3.8) is 0 Å². The molecule has 0 spiro atoms. The zero-order valence-corrected chi connectivity index (χ0v) is 14.8. The van der Waals surface area contributed by atoms with E-state index in [1.807, 2.05) is 0 Å². The van der Waals surface area contributed by atoms with Crippen LogP contribution in [0.3, 0.4) is 0 Å².